The summed E-state index contributed by atoms with van der Waals surface area (Å²) < 4.78 is 11.1. The standard InChI is InChI=1S/C24H34N4O5/c1-15(2)12-18(22(31)28-11-10-16(29)13-28)25-21(30)17-8-6-7-9-19(17)32-14-20-26-23(33-27-20)24(3,4)5/h6-9,15-16,18,29H,10-14H2,1-5H3,(H,25,30)/t16-,18+/m0/s1. The molecule has 180 valence electrons. The number of carbonyl (C=O) groups excluding carboxylic acids is 2. The minimum absolute atomic E-state index is 0.0455. The van der Waals surface area contributed by atoms with Crippen molar-refractivity contribution in [2.45, 2.75) is 71.6 Å². The first-order chi connectivity index (χ1) is 15.5. The first kappa shape index (κ1) is 24.7. The zero-order valence-corrected chi connectivity index (χ0v) is 20.0. The van der Waals surface area contributed by atoms with Crippen molar-refractivity contribution >= 4 is 11.8 Å². The highest BCUT2D eigenvalue weighted by Gasteiger charge is 2.32. The van der Waals surface area contributed by atoms with Gasteiger partial charge >= 0.3 is 0 Å². The number of rotatable bonds is 8. The Balaban J connectivity index is 1.70. The Hall–Kier alpha value is -2.94. The summed E-state index contributed by atoms with van der Waals surface area (Å²) in [7, 11) is 0. The number of nitrogens with one attached hydrogen (secondary N) is 1. The van der Waals surface area contributed by atoms with Gasteiger partial charge in [0.15, 0.2) is 6.61 Å². The van der Waals surface area contributed by atoms with Crippen molar-refractivity contribution in [3.8, 4) is 5.75 Å². The predicted molar refractivity (Wildman–Crippen MR) is 122 cm³/mol. The number of benzene rings is 1. The van der Waals surface area contributed by atoms with E-state index in [1.54, 1.807) is 29.2 Å². The Morgan fingerprint density at radius 3 is 2.64 bits per heavy atom. The van der Waals surface area contributed by atoms with Crippen molar-refractivity contribution in [1.82, 2.24) is 20.4 Å². The number of hydrogen-bond acceptors (Lipinski definition) is 7. The highest BCUT2D eigenvalue weighted by Crippen LogP contribution is 2.22. The van der Waals surface area contributed by atoms with E-state index in [4.69, 9.17) is 9.26 Å². The third-order valence-corrected chi connectivity index (χ3v) is 5.38. The Labute approximate surface area is 194 Å². The molecule has 0 unspecified atom stereocenters. The van der Waals surface area contributed by atoms with Crippen molar-refractivity contribution in [1.29, 1.82) is 0 Å². The average molecular weight is 459 g/mol. The maximum atomic E-state index is 13.1. The van der Waals surface area contributed by atoms with Crippen LogP contribution in [0.15, 0.2) is 28.8 Å². The van der Waals surface area contributed by atoms with Crippen LogP contribution in [0.5, 0.6) is 5.75 Å². The second kappa shape index (κ2) is 10.3. The summed E-state index contributed by atoms with van der Waals surface area (Å²) in [6.45, 7) is 10.8. The van der Waals surface area contributed by atoms with Gasteiger partial charge < -0.3 is 24.6 Å². The number of carbonyl (C=O) groups is 2. The fourth-order valence-electron chi connectivity index (χ4n) is 3.63. The van der Waals surface area contributed by atoms with Gasteiger partial charge in [0, 0.05) is 18.5 Å². The molecule has 1 aliphatic heterocycles. The first-order valence-corrected chi connectivity index (χ1v) is 11.4. The predicted octanol–water partition coefficient (Wildman–Crippen LogP) is 2.68. The zero-order chi connectivity index (χ0) is 24.2. The van der Waals surface area contributed by atoms with Crippen LogP contribution in [0.25, 0.3) is 0 Å². The number of β-amino-alcohol motifs (C(OH)–C–C–N with tert-alkyl or cyclic N) is 1. The number of ether oxygens (including phenoxy) is 1. The first-order valence-electron chi connectivity index (χ1n) is 11.4. The highest BCUT2D eigenvalue weighted by atomic mass is 16.5. The molecule has 3 rings (SSSR count). The number of aliphatic hydroxyl groups is 1. The lowest BCUT2D eigenvalue weighted by atomic mass is 9.97. The molecule has 1 fully saturated rings. The minimum atomic E-state index is -0.678. The van der Waals surface area contributed by atoms with Gasteiger partial charge in [-0.1, -0.05) is 51.9 Å². The van der Waals surface area contributed by atoms with E-state index in [0.717, 1.165) is 0 Å². The molecule has 1 aromatic carbocycles. The summed E-state index contributed by atoms with van der Waals surface area (Å²) >= 11 is 0. The monoisotopic (exact) mass is 458 g/mol. The highest BCUT2D eigenvalue weighted by molar-refractivity contribution is 5.99. The molecule has 33 heavy (non-hydrogen) atoms. The molecule has 2 heterocycles. The van der Waals surface area contributed by atoms with Crippen molar-refractivity contribution in [2.75, 3.05) is 13.1 Å². The van der Waals surface area contributed by atoms with Crippen LogP contribution in [0.2, 0.25) is 0 Å². The number of aliphatic hydroxyl groups excluding tert-OH is 1. The van der Waals surface area contributed by atoms with Gasteiger partial charge in [0.05, 0.1) is 11.7 Å². The van der Waals surface area contributed by atoms with E-state index in [-0.39, 0.29) is 23.8 Å². The molecular formula is C24H34N4O5. The zero-order valence-electron chi connectivity index (χ0n) is 20.0. The normalized spacial score (nSPS) is 17.3. The maximum absolute atomic E-state index is 13.1. The quantitative estimate of drug-likeness (QED) is 0.624. The number of amides is 2. The van der Waals surface area contributed by atoms with Crippen LogP contribution in [0.4, 0.5) is 0 Å². The molecule has 2 amide bonds. The van der Waals surface area contributed by atoms with E-state index >= 15 is 0 Å². The lowest BCUT2D eigenvalue weighted by Gasteiger charge is -2.25. The van der Waals surface area contributed by atoms with E-state index < -0.39 is 18.1 Å². The molecule has 2 atom stereocenters. The largest absolute Gasteiger partial charge is 0.485 e. The Bertz CT molecular complexity index is 966. The fourth-order valence-corrected chi connectivity index (χ4v) is 3.63. The topological polar surface area (TPSA) is 118 Å². The smallest absolute Gasteiger partial charge is 0.255 e. The number of likely N-dealkylation sites (tertiary alicyclic amines) is 1. The van der Waals surface area contributed by atoms with Crippen LogP contribution < -0.4 is 10.1 Å². The molecule has 2 N–H and O–H groups in total. The summed E-state index contributed by atoms with van der Waals surface area (Å²) in [4.78, 5) is 32.1. The van der Waals surface area contributed by atoms with E-state index in [9.17, 15) is 14.7 Å². The molecule has 1 saturated heterocycles. The SMILES string of the molecule is CC(C)C[C@@H](NC(=O)c1ccccc1OCc1noc(C(C)(C)C)n1)C(=O)N1CC[C@H](O)C1. The van der Waals surface area contributed by atoms with Crippen LogP contribution in [0.1, 0.15) is 69.5 Å². The lowest BCUT2D eigenvalue weighted by Crippen LogP contribution is -2.48. The minimum Gasteiger partial charge on any atom is -0.485 e. The molecule has 1 aromatic heterocycles. The van der Waals surface area contributed by atoms with E-state index in [1.807, 2.05) is 34.6 Å². The van der Waals surface area contributed by atoms with Crippen molar-refractivity contribution in [3.63, 3.8) is 0 Å². The summed E-state index contributed by atoms with van der Waals surface area (Å²) in [6.07, 6.45) is 0.540. The van der Waals surface area contributed by atoms with Crippen molar-refractivity contribution in [3.05, 3.63) is 41.5 Å². The summed E-state index contributed by atoms with van der Waals surface area (Å²) in [5.74, 6) is 0.893. The third-order valence-electron chi connectivity index (χ3n) is 5.38. The van der Waals surface area contributed by atoms with Gasteiger partial charge in [-0.2, -0.15) is 4.98 Å². The molecular weight excluding hydrogens is 424 g/mol. The van der Waals surface area contributed by atoms with Crippen LogP contribution >= 0.6 is 0 Å². The molecule has 9 nitrogen and oxygen atoms in total. The summed E-state index contributed by atoms with van der Waals surface area (Å²) in [6, 6.07) is 6.17. The Morgan fingerprint density at radius 1 is 1.30 bits per heavy atom. The third kappa shape index (κ3) is 6.54. The Kier molecular flexibility index (Phi) is 7.73. The Morgan fingerprint density at radius 2 is 2.03 bits per heavy atom. The van der Waals surface area contributed by atoms with Gasteiger partial charge in [0.2, 0.25) is 17.6 Å². The van der Waals surface area contributed by atoms with Crippen LogP contribution in [0, 0.1) is 5.92 Å². The summed E-state index contributed by atoms with van der Waals surface area (Å²) in [5.41, 5.74) is 0.0481. The van der Waals surface area contributed by atoms with Gasteiger partial charge in [0.25, 0.3) is 5.91 Å². The van der Waals surface area contributed by atoms with Gasteiger partial charge in [0.1, 0.15) is 11.8 Å². The fraction of sp³-hybridized carbons (Fsp3) is 0.583. The molecule has 0 bridgehead atoms. The molecule has 0 radical (unpaired) electrons. The molecule has 1 aliphatic rings. The number of para-hydroxylation sites is 1. The molecule has 9 heteroatoms. The maximum Gasteiger partial charge on any atom is 0.255 e. The van der Waals surface area contributed by atoms with Gasteiger partial charge in [-0.15, -0.1) is 0 Å². The van der Waals surface area contributed by atoms with E-state index in [2.05, 4.69) is 15.5 Å². The van der Waals surface area contributed by atoms with Crippen LogP contribution in [-0.4, -0.2) is 57.2 Å². The van der Waals surface area contributed by atoms with Gasteiger partial charge in [-0.25, -0.2) is 0 Å². The molecule has 2 aromatic rings. The van der Waals surface area contributed by atoms with Crippen LogP contribution in [0.3, 0.4) is 0 Å². The average Bonchev–Trinajstić information content (AvgIpc) is 3.40. The summed E-state index contributed by atoms with van der Waals surface area (Å²) in [5, 5.41) is 16.6. The van der Waals surface area contributed by atoms with Crippen molar-refractivity contribution in [2.24, 2.45) is 5.92 Å². The van der Waals surface area contributed by atoms with Gasteiger partial charge in [-0.3, -0.25) is 9.59 Å². The van der Waals surface area contributed by atoms with Crippen LogP contribution in [-0.2, 0) is 16.8 Å². The molecule has 0 spiro atoms. The molecule has 0 aliphatic carbocycles. The second-order valence-corrected chi connectivity index (χ2v) is 9.93. The lowest BCUT2D eigenvalue weighted by molar-refractivity contribution is -0.133. The number of nitrogens with zero attached hydrogens (tertiary/aromatic N) is 3. The van der Waals surface area contributed by atoms with E-state index in [0.29, 0.717) is 49.0 Å². The number of hydrogen-bond donors (Lipinski definition) is 2. The van der Waals surface area contributed by atoms with E-state index in [1.165, 1.54) is 0 Å². The van der Waals surface area contributed by atoms with Gasteiger partial charge in [-0.05, 0) is 30.9 Å². The molecule has 0 saturated carbocycles. The van der Waals surface area contributed by atoms with Crippen molar-refractivity contribution < 1.29 is 24.0 Å². The number of aromatic nitrogens is 2. The second-order valence-electron chi connectivity index (χ2n) is 9.93.